The summed E-state index contributed by atoms with van der Waals surface area (Å²) in [5.41, 5.74) is -1.24. The van der Waals surface area contributed by atoms with E-state index in [-0.39, 0.29) is 18.2 Å². The number of fused-ring (bicyclic) bond motifs is 5. The van der Waals surface area contributed by atoms with Crippen LogP contribution in [0.4, 0.5) is 0 Å². The maximum Gasteiger partial charge on any atom is 0.307 e. The highest BCUT2D eigenvalue weighted by atomic mass is 16.7. The first-order valence-corrected chi connectivity index (χ1v) is 6.29. The fourth-order valence-electron chi connectivity index (χ4n) is 3.28. The van der Waals surface area contributed by atoms with Gasteiger partial charge in [-0.1, -0.05) is 0 Å². The predicted molar refractivity (Wildman–Crippen MR) is 63.4 cm³/mol. The molecular weight excluding hydrogens is 252 g/mol. The lowest BCUT2D eigenvalue weighted by Gasteiger charge is -2.40. The molecule has 2 bridgehead atoms. The summed E-state index contributed by atoms with van der Waals surface area (Å²) in [5, 5.41) is 0. The minimum atomic E-state index is -0.666. The number of ether oxygens (including phenoxy) is 5. The SMILES string of the molecule is COC[C@@]12CC(OC(C)=O)=C[C@@](COC)(O1)[C@H]1O[C@H]12. The van der Waals surface area contributed by atoms with Crippen LogP contribution in [0.15, 0.2) is 11.8 Å². The van der Waals surface area contributed by atoms with Crippen LogP contribution < -0.4 is 0 Å². The summed E-state index contributed by atoms with van der Waals surface area (Å²) < 4.78 is 27.7. The van der Waals surface area contributed by atoms with E-state index in [1.165, 1.54) is 6.92 Å². The fraction of sp³-hybridized carbons (Fsp3) is 0.769. The van der Waals surface area contributed by atoms with Crippen molar-refractivity contribution in [3.63, 3.8) is 0 Å². The standard InChI is InChI=1S/C13H18O6/c1-8(14)17-9-4-12(6-15-2)10-11(18-10)13(5-9,19-12)7-16-3/h4,10-11H,5-7H2,1-3H3/t10-,11+,12-,13+/m0/s1. The van der Waals surface area contributed by atoms with Gasteiger partial charge in [0.05, 0.1) is 13.2 Å². The van der Waals surface area contributed by atoms with Crippen molar-refractivity contribution in [1.29, 1.82) is 0 Å². The summed E-state index contributed by atoms with van der Waals surface area (Å²) in [6.45, 7) is 2.16. The molecule has 3 heterocycles. The van der Waals surface area contributed by atoms with Crippen LogP contribution >= 0.6 is 0 Å². The lowest BCUT2D eigenvalue weighted by molar-refractivity contribution is -0.192. The second-order valence-electron chi connectivity index (χ2n) is 5.35. The second kappa shape index (κ2) is 4.28. The molecule has 0 radical (unpaired) electrons. The van der Waals surface area contributed by atoms with Gasteiger partial charge in [-0.3, -0.25) is 4.79 Å². The van der Waals surface area contributed by atoms with E-state index in [1.54, 1.807) is 14.2 Å². The third kappa shape index (κ3) is 1.90. The van der Waals surface area contributed by atoms with Gasteiger partial charge >= 0.3 is 5.97 Å². The van der Waals surface area contributed by atoms with Gasteiger partial charge in [0.25, 0.3) is 0 Å². The Balaban J connectivity index is 1.92. The Morgan fingerprint density at radius 2 is 2.11 bits per heavy atom. The molecule has 6 nitrogen and oxygen atoms in total. The van der Waals surface area contributed by atoms with Crippen molar-refractivity contribution >= 4 is 5.97 Å². The number of rotatable bonds is 5. The molecule has 3 aliphatic rings. The van der Waals surface area contributed by atoms with E-state index in [1.807, 2.05) is 6.08 Å². The Hall–Kier alpha value is -0.950. The smallest absolute Gasteiger partial charge is 0.307 e. The first-order chi connectivity index (χ1) is 9.05. The predicted octanol–water partition coefficient (Wildman–Crippen LogP) is 0.405. The summed E-state index contributed by atoms with van der Waals surface area (Å²) in [5.74, 6) is 0.283. The summed E-state index contributed by atoms with van der Waals surface area (Å²) >= 11 is 0. The Kier molecular flexibility index (Phi) is 2.94. The summed E-state index contributed by atoms with van der Waals surface area (Å²) in [6.07, 6.45) is 2.24. The van der Waals surface area contributed by atoms with Gasteiger partial charge in [-0.2, -0.15) is 0 Å². The van der Waals surface area contributed by atoms with Gasteiger partial charge in [0.2, 0.25) is 0 Å². The van der Waals surface area contributed by atoms with Gasteiger partial charge in [0.1, 0.15) is 29.2 Å². The van der Waals surface area contributed by atoms with Crippen LogP contribution in [-0.2, 0) is 28.5 Å². The van der Waals surface area contributed by atoms with E-state index in [0.717, 1.165) is 0 Å². The lowest BCUT2D eigenvalue weighted by atomic mass is 9.96. The number of hydrogen-bond acceptors (Lipinski definition) is 6. The van der Waals surface area contributed by atoms with Crippen LogP contribution in [0.25, 0.3) is 0 Å². The molecule has 6 heteroatoms. The average Bonchev–Trinajstić information content (AvgIpc) is 3.05. The van der Waals surface area contributed by atoms with E-state index in [4.69, 9.17) is 23.7 Å². The van der Waals surface area contributed by atoms with Crippen LogP contribution in [0.1, 0.15) is 13.3 Å². The summed E-state index contributed by atoms with van der Waals surface area (Å²) in [7, 11) is 3.23. The Morgan fingerprint density at radius 1 is 1.37 bits per heavy atom. The van der Waals surface area contributed by atoms with Crippen molar-refractivity contribution in [1.82, 2.24) is 0 Å². The zero-order valence-electron chi connectivity index (χ0n) is 11.3. The topological polar surface area (TPSA) is 66.5 Å². The van der Waals surface area contributed by atoms with Gasteiger partial charge in [-0.05, 0) is 6.08 Å². The minimum absolute atomic E-state index is 0.0214. The van der Waals surface area contributed by atoms with Crippen LogP contribution in [0.3, 0.4) is 0 Å². The Labute approximate surface area is 111 Å². The molecular formula is C13H18O6. The third-order valence-corrected chi connectivity index (χ3v) is 3.80. The molecule has 106 valence electrons. The van der Waals surface area contributed by atoms with Crippen LogP contribution in [-0.4, -0.2) is 56.8 Å². The molecule has 0 aromatic carbocycles. The highest BCUT2D eigenvalue weighted by Crippen LogP contribution is 2.58. The Bertz CT molecular complexity index is 433. The fourth-order valence-corrected chi connectivity index (χ4v) is 3.28. The molecule has 0 unspecified atom stereocenters. The van der Waals surface area contributed by atoms with Gasteiger partial charge in [0.15, 0.2) is 0 Å². The second-order valence-corrected chi connectivity index (χ2v) is 5.35. The molecule has 3 rings (SSSR count). The van der Waals surface area contributed by atoms with Crippen molar-refractivity contribution in [2.45, 2.75) is 36.8 Å². The largest absolute Gasteiger partial charge is 0.431 e. The molecule has 0 N–H and O–H groups in total. The van der Waals surface area contributed by atoms with Crippen molar-refractivity contribution in [2.75, 3.05) is 27.4 Å². The van der Waals surface area contributed by atoms with E-state index < -0.39 is 11.2 Å². The molecule has 3 aliphatic heterocycles. The molecule has 0 aliphatic carbocycles. The van der Waals surface area contributed by atoms with E-state index in [0.29, 0.717) is 25.4 Å². The number of esters is 1. The zero-order chi connectivity index (χ0) is 13.7. The summed E-state index contributed by atoms with van der Waals surface area (Å²) in [6, 6.07) is 0. The van der Waals surface area contributed by atoms with Crippen molar-refractivity contribution in [3.8, 4) is 0 Å². The lowest BCUT2D eigenvalue weighted by Crippen LogP contribution is -2.50. The first-order valence-electron chi connectivity index (χ1n) is 6.29. The maximum absolute atomic E-state index is 11.2. The van der Waals surface area contributed by atoms with Crippen molar-refractivity contribution < 1.29 is 28.5 Å². The highest BCUT2D eigenvalue weighted by Gasteiger charge is 2.74. The number of epoxide rings is 1. The van der Waals surface area contributed by atoms with E-state index in [9.17, 15) is 4.79 Å². The average molecular weight is 270 g/mol. The van der Waals surface area contributed by atoms with E-state index >= 15 is 0 Å². The maximum atomic E-state index is 11.2. The van der Waals surface area contributed by atoms with Crippen LogP contribution in [0.5, 0.6) is 0 Å². The highest BCUT2D eigenvalue weighted by molar-refractivity contribution is 5.67. The molecule has 0 aromatic heterocycles. The molecule has 19 heavy (non-hydrogen) atoms. The van der Waals surface area contributed by atoms with Gasteiger partial charge in [0, 0.05) is 27.6 Å². The van der Waals surface area contributed by atoms with E-state index in [2.05, 4.69) is 0 Å². The van der Waals surface area contributed by atoms with Crippen molar-refractivity contribution in [3.05, 3.63) is 11.8 Å². The molecule has 2 fully saturated rings. The molecule has 2 saturated heterocycles. The number of hydrogen-bond donors (Lipinski definition) is 0. The molecule has 0 amide bonds. The quantitative estimate of drug-likeness (QED) is 0.532. The first kappa shape index (κ1) is 13.1. The molecule has 4 atom stereocenters. The minimum Gasteiger partial charge on any atom is -0.431 e. The van der Waals surface area contributed by atoms with Crippen molar-refractivity contribution in [2.24, 2.45) is 0 Å². The molecule has 0 saturated carbocycles. The number of methoxy groups -OCH3 is 2. The van der Waals surface area contributed by atoms with Gasteiger partial charge < -0.3 is 23.7 Å². The Morgan fingerprint density at radius 3 is 2.74 bits per heavy atom. The van der Waals surface area contributed by atoms with Gasteiger partial charge in [-0.25, -0.2) is 0 Å². The zero-order valence-corrected chi connectivity index (χ0v) is 11.3. The third-order valence-electron chi connectivity index (χ3n) is 3.80. The summed E-state index contributed by atoms with van der Waals surface area (Å²) in [4.78, 5) is 11.2. The number of carbonyl (C=O) groups is 1. The van der Waals surface area contributed by atoms with Gasteiger partial charge in [-0.15, -0.1) is 0 Å². The van der Waals surface area contributed by atoms with Crippen LogP contribution in [0, 0.1) is 0 Å². The van der Waals surface area contributed by atoms with Crippen LogP contribution in [0.2, 0.25) is 0 Å². The number of carbonyl (C=O) groups excluding carboxylic acids is 1. The monoisotopic (exact) mass is 270 g/mol. The molecule has 0 spiro atoms. The molecule has 0 aromatic rings. The normalized spacial score (nSPS) is 42.6.